The van der Waals surface area contributed by atoms with Gasteiger partial charge in [0.25, 0.3) is 0 Å². The van der Waals surface area contributed by atoms with E-state index in [2.05, 4.69) is 5.32 Å². The lowest BCUT2D eigenvalue weighted by Crippen LogP contribution is -2.53. The lowest BCUT2D eigenvalue weighted by Gasteiger charge is -2.30. The highest BCUT2D eigenvalue weighted by atomic mass is 32.2. The highest BCUT2D eigenvalue weighted by Crippen LogP contribution is 2.34. The Balaban J connectivity index is 2.06. The summed E-state index contributed by atoms with van der Waals surface area (Å²) in [4.78, 5) is 25.2. The number of rotatable bonds is 3. The highest BCUT2D eigenvalue weighted by molar-refractivity contribution is 8.00. The van der Waals surface area contributed by atoms with Gasteiger partial charge in [-0.05, 0) is 18.1 Å². The summed E-state index contributed by atoms with van der Waals surface area (Å²) < 4.78 is 0. The van der Waals surface area contributed by atoms with Crippen molar-refractivity contribution in [2.75, 3.05) is 17.3 Å². The molecule has 19 heavy (non-hydrogen) atoms. The van der Waals surface area contributed by atoms with Crippen molar-refractivity contribution in [3.8, 4) is 0 Å². The van der Waals surface area contributed by atoms with Crippen LogP contribution in [0.1, 0.15) is 20.3 Å². The van der Waals surface area contributed by atoms with E-state index < -0.39 is 12.0 Å². The van der Waals surface area contributed by atoms with Crippen molar-refractivity contribution in [2.24, 2.45) is 5.92 Å². The van der Waals surface area contributed by atoms with Crippen molar-refractivity contribution in [3.05, 3.63) is 0 Å². The second kappa shape index (κ2) is 6.26. The van der Waals surface area contributed by atoms with E-state index >= 15 is 0 Å². The van der Waals surface area contributed by atoms with Crippen molar-refractivity contribution in [1.29, 1.82) is 0 Å². The Morgan fingerprint density at radius 2 is 2.11 bits per heavy atom. The van der Waals surface area contributed by atoms with Gasteiger partial charge in [-0.3, -0.25) is 4.90 Å². The number of aliphatic carboxylic acids is 1. The third-order valence-corrected chi connectivity index (χ3v) is 6.17. The molecular formula is C12H20N2O3S2. The normalized spacial score (nSPS) is 30.9. The van der Waals surface area contributed by atoms with Crippen LogP contribution in [0.4, 0.5) is 4.79 Å². The molecule has 2 rings (SSSR count). The minimum Gasteiger partial charge on any atom is -0.480 e. The minimum atomic E-state index is -0.911. The molecule has 108 valence electrons. The first-order valence-electron chi connectivity index (χ1n) is 6.51. The Labute approximate surface area is 121 Å². The number of carbonyl (C=O) groups excluding carboxylic acids is 1. The molecule has 0 aromatic heterocycles. The summed E-state index contributed by atoms with van der Waals surface area (Å²) in [6, 6.07) is -0.736. The smallest absolute Gasteiger partial charge is 0.327 e. The monoisotopic (exact) mass is 304 g/mol. The molecule has 2 amide bonds. The zero-order chi connectivity index (χ0) is 14.0. The van der Waals surface area contributed by atoms with Crippen molar-refractivity contribution < 1.29 is 14.7 Å². The van der Waals surface area contributed by atoms with Gasteiger partial charge in [0.05, 0.1) is 5.37 Å². The van der Waals surface area contributed by atoms with Gasteiger partial charge in [-0.1, -0.05) is 13.8 Å². The summed E-state index contributed by atoms with van der Waals surface area (Å²) in [6.07, 6.45) is 0.974. The van der Waals surface area contributed by atoms with E-state index in [1.165, 1.54) is 4.90 Å². The molecule has 2 heterocycles. The summed E-state index contributed by atoms with van der Waals surface area (Å²) in [7, 11) is 0. The van der Waals surface area contributed by atoms with Gasteiger partial charge in [0, 0.05) is 17.5 Å². The summed E-state index contributed by atoms with van der Waals surface area (Å²) in [5, 5.41) is 12.2. The quantitative estimate of drug-likeness (QED) is 0.830. The molecule has 7 heteroatoms. The average Bonchev–Trinajstić information content (AvgIpc) is 2.95. The van der Waals surface area contributed by atoms with Gasteiger partial charge in [0.2, 0.25) is 0 Å². The predicted octanol–water partition coefficient (Wildman–Crippen LogP) is 1.69. The van der Waals surface area contributed by atoms with Crippen LogP contribution in [0.25, 0.3) is 0 Å². The SMILES string of the molecule is CC(C)C1SCC(C(=O)O)N1C(=O)NC1CCSC1. The van der Waals surface area contributed by atoms with Crippen LogP contribution in [0.2, 0.25) is 0 Å². The number of amides is 2. The van der Waals surface area contributed by atoms with E-state index in [0.717, 1.165) is 17.9 Å². The lowest BCUT2D eigenvalue weighted by atomic mass is 10.1. The molecule has 2 aliphatic rings. The first kappa shape index (κ1) is 14.8. The first-order valence-corrected chi connectivity index (χ1v) is 8.72. The second-order valence-electron chi connectivity index (χ2n) is 5.24. The molecule has 0 radical (unpaired) electrons. The third kappa shape index (κ3) is 3.31. The molecule has 0 saturated carbocycles. The molecule has 5 nitrogen and oxygen atoms in total. The van der Waals surface area contributed by atoms with Gasteiger partial charge >= 0.3 is 12.0 Å². The fourth-order valence-electron chi connectivity index (χ4n) is 2.39. The van der Waals surface area contributed by atoms with Crippen LogP contribution < -0.4 is 5.32 Å². The maximum Gasteiger partial charge on any atom is 0.327 e. The summed E-state index contributed by atoms with van der Waals surface area (Å²) in [5.41, 5.74) is 0. The second-order valence-corrected chi connectivity index (χ2v) is 7.54. The number of carboxylic acid groups (broad SMARTS) is 1. The standard InChI is InChI=1S/C12H20N2O3S2/c1-7(2)10-14(9(6-19-10)11(15)16)12(17)13-8-3-4-18-5-8/h7-10H,3-6H2,1-2H3,(H,13,17)(H,15,16). The highest BCUT2D eigenvalue weighted by Gasteiger charge is 2.43. The Bertz CT molecular complexity index is 359. The summed E-state index contributed by atoms with van der Waals surface area (Å²) in [6.45, 7) is 4.04. The van der Waals surface area contributed by atoms with Crippen molar-refractivity contribution in [3.63, 3.8) is 0 Å². The minimum absolute atomic E-state index is 0.0462. The molecule has 2 saturated heterocycles. The zero-order valence-electron chi connectivity index (χ0n) is 11.2. The Kier molecular flexibility index (Phi) is 4.89. The van der Waals surface area contributed by atoms with Gasteiger partial charge in [0.15, 0.2) is 0 Å². The van der Waals surface area contributed by atoms with E-state index in [-0.39, 0.29) is 23.4 Å². The maximum atomic E-state index is 12.4. The fraction of sp³-hybridized carbons (Fsp3) is 0.833. The van der Waals surface area contributed by atoms with Gasteiger partial charge < -0.3 is 10.4 Å². The van der Waals surface area contributed by atoms with Crippen LogP contribution in [0.15, 0.2) is 0 Å². The van der Waals surface area contributed by atoms with Crippen LogP contribution in [0, 0.1) is 5.92 Å². The number of urea groups is 1. The molecule has 0 bridgehead atoms. The number of nitrogens with one attached hydrogen (secondary N) is 1. The number of carboxylic acids is 1. The fourth-order valence-corrected chi connectivity index (χ4v) is 5.01. The maximum absolute atomic E-state index is 12.4. The van der Waals surface area contributed by atoms with Gasteiger partial charge in [-0.2, -0.15) is 11.8 Å². The number of hydrogen-bond donors (Lipinski definition) is 2. The van der Waals surface area contributed by atoms with E-state index in [4.69, 9.17) is 0 Å². The molecule has 2 N–H and O–H groups in total. The van der Waals surface area contributed by atoms with Crippen LogP contribution >= 0.6 is 23.5 Å². The van der Waals surface area contributed by atoms with Crippen LogP contribution in [-0.2, 0) is 4.79 Å². The Morgan fingerprint density at radius 1 is 1.37 bits per heavy atom. The molecule has 3 unspecified atom stereocenters. The average molecular weight is 304 g/mol. The van der Waals surface area contributed by atoms with Crippen molar-refractivity contribution in [2.45, 2.75) is 37.7 Å². The molecule has 0 aromatic carbocycles. The van der Waals surface area contributed by atoms with E-state index in [9.17, 15) is 14.7 Å². The van der Waals surface area contributed by atoms with E-state index in [1.54, 1.807) is 11.8 Å². The first-order chi connectivity index (χ1) is 9.00. The molecule has 2 fully saturated rings. The predicted molar refractivity (Wildman–Crippen MR) is 78.6 cm³/mol. The molecule has 3 atom stereocenters. The Hall–Kier alpha value is -0.560. The molecule has 0 aromatic rings. The van der Waals surface area contributed by atoms with Gasteiger partial charge in [0.1, 0.15) is 6.04 Å². The van der Waals surface area contributed by atoms with E-state index in [1.807, 2.05) is 25.6 Å². The van der Waals surface area contributed by atoms with Gasteiger partial charge in [-0.25, -0.2) is 9.59 Å². The number of nitrogens with zero attached hydrogens (tertiary/aromatic N) is 1. The number of thioether (sulfide) groups is 2. The van der Waals surface area contributed by atoms with Crippen molar-refractivity contribution >= 4 is 35.5 Å². The third-order valence-electron chi connectivity index (χ3n) is 3.38. The van der Waals surface area contributed by atoms with Crippen LogP contribution in [0.3, 0.4) is 0 Å². The molecular weight excluding hydrogens is 284 g/mol. The molecule has 0 aliphatic carbocycles. The number of carbonyl (C=O) groups is 2. The zero-order valence-corrected chi connectivity index (χ0v) is 12.8. The van der Waals surface area contributed by atoms with E-state index in [0.29, 0.717) is 5.75 Å². The van der Waals surface area contributed by atoms with Crippen LogP contribution in [-0.4, -0.2) is 56.7 Å². The topological polar surface area (TPSA) is 69.6 Å². The van der Waals surface area contributed by atoms with Gasteiger partial charge in [-0.15, -0.1) is 11.8 Å². The molecule has 2 aliphatic heterocycles. The lowest BCUT2D eigenvalue weighted by molar-refractivity contribution is -0.141. The van der Waals surface area contributed by atoms with Crippen LogP contribution in [0.5, 0.6) is 0 Å². The summed E-state index contributed by atoms with van der Waals surface area (Å²) >= 11 is 3.39. The Morgan fingerprint density at radius 3 is 2.63 bits per heavy atom. The largest absolute Gasteiger partial charge is 0.480 e. The summed E-state index contributed by atoms with van der Waals surface area (Å²) in [5.74, 6) is 1.81. The van der Waals surface area contributed by atoms with Crippen molar-refractivity contribution in [1.82, 2.24) is 10.2 Å². The number of hydrogen-bond acceptors (Lipinski definition) is 4. The molecule has 0 spiro atoms.